The molecule has 0 aliphatic rings. The predicted molar refractivity (Wildman–Crippen MR) is 115 cm³/mol. The zero-order valence-electron chi connectivity index (χ0n) is 17.1. The highest BCUT2D eigenvalue weighted by Crippen LogP contribution is 2.21. The van der Waals surface area contributed by atoms with E-state index in [0.717, 1.165) is 12.0 Å². The molecule has 3 aromatic rings. The number of aromatic nitrogens is 2. The van der Waals surface area contributed by atoms with Crippen LogP contribution in [0.4, 0.5) is 0 Å². The lowest BCUT2D eigenvalue weighted by Crippen LogP contribution is -2.34. The van der Waals surface area contributed by atoms with Gasteiger partial charge in [-0.05, 0) is 42.3 Å². The van der Waals surface area contributed by atoms with E-state index in [1.807, 2.05) is 48.5 Å². The van der Waals surface area contributed by atoms with Crippen LogP contribution in [0.15, 0.2) is 65.5 Å². The van der Waals surface area contributed by atoms with Crippen LogP contribution in [0.25, 0.3) is 11.3 Å². The molecule has 3 rings (SSSR count). The van der Waals surface area contributed by atoms with Gasteiger partial charge in [0, 0.05) is 18.2 Å². The molecule has 0 aliphatic carbocycles. The lowest BCUT2D eigenvalue weighted by molar-refractivity contribution is -0.123. The van der Waals surface area contributed by atoms with Crippen molar-refractivity contribution in [1.29, 1.82) is 0 Å². The zero-order valence-corrected chi connectivity index (χ0v) is 17.1. The molecular formula is C23H25N3O4. The van der Waals surface area contributed by atoms with E-state index in [1.165, 1.54) is 16.3 Å². The number of hydrogen-bond acceptors (Lipinski definition) is 5. The van der Waals surface area contributed by atoms with Gasteiger partial charge in [-0.25, -0.2) is 4.68 Å². The fourth-order valence-corrected chi connectivity index (χ4v) is 2.87. The summed E-state index contributed by atoms with van der Waals surface area (Å²) in [5.41, 5.74) is 2.47. The van der Waals surface area contributed by atoms with Gasteiger partial charge in [0.25, 0.3) is 11.5 Å². The molecule has 7 heteroatoms. The lowest BCUT2D eigenvalue weighted by atomic mass is 10.1. The molecule has 156 valence electrons. The van der Waals surface area contributed by atoms with Crippen molar-refractivity contribution < 1.29 is 14.3 Å². The van der Waals surface area contributed by atoms with Gasteiger partial charge in [-0.1, -0.05) is 31.2 Å². The SMILES string of the molecule is CCc1ccc(OCC(=O)NCCn2nc(-c3cccc(OC)c3)ccc2=O)cc1. The molecule has 0 saturated carbocycles. The molecular weight excluding hydrogens is 382 g/mol. The minimum atomic E-state index is -0.258. The number of ether oxygens (including phenoxy) is 2. The van der Waals surface area contributed by atoms with Gasteiger partial charge in [-0.3, -0.25) is 9.59 Å². The summed E-state index contributed by atoms with van der Waals surface area (Å²) in [7, 11) is 1.60. The summed E-state index contributed by atoms with van der Waals surface area (Å²) in [6.45, 7) is 2.52. The third-order valence-electron chi connectivity index (χ3n) is 4.58. The summed E-state index contributed by atoms with van der Waals surface area (Å²) in [6.07, 6.45) is 0.952. The first-order valence-electron chi connectivity index (χ1n) is 9.80. The second-order valence-corrected chi connectivity index (χ2v) is 6.65. The van der Waals surface area contributed by atoms with E-state index >= 15 is 0 Å². The molecule has 7 nitrogen and oxygen atoms in total. The number of carbonyl (C=O) groups is 1. The summed E-state index contributed by atoms with van der Waals surface area (Å²) >= 11 is 0. The van der Waals surface area contributed by atoms with Gasteiger partial charge in [0.2, 0.25) is 0 Å². The van der Waals surface area contributed by atoms with Crippen LogP contribution < -0.4 is 20.3 Å². The highest BCUT2D eigenvalue weighted by molar-refractivity contribution is 5.77. The van der Waals surface area contributed by atoms with E-state index in [-0.39, 0.29) is 31.2 Å². The molecule has 2 aromatic carbocycles. The fourth-order valence-electron chi connectivity index (χ4n) is 2.87. The zero-order chi connectivity index (χ0) is 21.3. The van der Waals surface area contributed by atoms with Crippen LogP contribution in [-0.4, -0.2) is 35.9 Å². The van der Waals surface area contributed by atoms with Gasteiger partial charge in [-0.2, -0.15) is 5.10 Å². The van der Waals surface area contributed by atoms with E-state index in [0.29, 0.717) is 17.2 Å². The van der Waals surface area contributed by atoms with E-state index in [1.54, 1.807) is 13.2 Å². The number of benzene rings is 2. The first kappa shape index (κ1) is 21.1. The molecule has 0 spiro atoms. The molecule has 0 aliphatic heterocycles. The quantitative estimate of drug-likeness (QED) is 0.590. The van der Waals surface area contributed by atoms with Gasteiger partial charge < -0.3 is 14.8 Å². The van der Waals surface area contributed by atoms with E-state index in [9.17, 15) is 9.59 Å². The molecule has 1 amide bonds. The van der Waals surface area contributed by atoms with Crippen molar-refractivity contribution in [3.05, 3.63) is 76.6 Å². The molecule has 0 fully saturated rings. The summed E-state index contributed by atoms with van der Waals surface area (Å²) in [5, 5.41) is 7.14. The molecule has 0 saturated heterocycles. The number of nitrogens with one attached hydrogen (secondary N) is 1. The molecule has 30 heavy (non-hydrogen) atoms. The first-order valence-corrected chi connectivity index (χ1v) is 9.80. The first-order chi connectivity index (χ1) is 14.6. The van der Waals surface area contributed by atoms with Gasteiger partial charge in [0.05, 0.1) is 19.3 Å². The Hall–Kier alpha value is -3.61. The van der Waals surface area contributed by atoms with Crippen molar-refractivity contribution in [3.63, 3.8) is 0 Å². The van der Waals surface area contributed by atoms with Gasteiger partial charge in [0.1, 0.15) is 11.5 Å². The maximum Gasteiger partial charge on any atom is 0.266 e. The Morgan fingerprint density at radius 3 is 2.60 bits per heavy atom. The molecule has 1 N–H and O–H groups in total. The summed E-state index contributed by atoms with van der Waals surface area (Å²) in [4.78, 5) is 24.1. The second kappa shape index (κ2) is 10.2. The van der Waals surface area contributed by atoms with Crippen LogP contribution >= 0.6 is 0 Å². The average Bonchev–Trinajstić information content (AvgIpc) is 2.79. The van der Waals surface area contributed by atoms with E-state index < -0.39 is 0 Å². The number of rotatable bonds is 9. The predicted octanol–water partition coefficient (Wildman–Crippen LogP) is 2.68. The minimum absolute atomic E-state index is 0.0857. The second-order valence-electron chi connectivity index (χ2n) is 6.65. The van der Waals surface area contributed by atoms with Crippen LogP contribution in [0.3, 0.4) is 0 Å². The number of hydrogen-bond donors (Lipinski definition) is 1. The molecule has 1 heterocycles. The molecule has 0 unspecified atom stereocenters. The minimum Gasteiger partial charge on any atom is -0.497 e. The number of nitrogens with zero attached hydrogens (tertiary/aromatic N) is 2. The van der Waals surface area contributed by atoms with E-state index in [2.05, 4.69) is 17.3 Å². The summed E-state index contributed by atoms with van der Waals surface area (Å²) < 4.78 is 12.0. The molecule has 0 atom stereocenters. The van der Waals surface area contributed by atoms with Crippen molar-refractivity contribution in [2.24, 2.45) is 0 Å². The largest absolute Gasteiger partial charge is 0.497 e. The van der Waals surface area contributed by atoms with Gasteiger partial charge in [-0.15, -0.1) is 0 Å². The molecule has 0 radical (unpaired) electrons. The van der Waals surface area contributed by atoms with Crippen molar-refractivity contribution in [2.45, 2.75) is 19.9 Å². The van der Waals surface area contributed by atoms with Crippen LogP contribution in [0.1, 0.15) is 12.5 Å². The van der Waals surface area contributed by atoms with E-state index in [4.69, 9.17) is 9.47 Å². The summed E-state index contributed by atoms with van der Waals surface area (Å²) in [5.74, 6) is 1.10. The maximum absolute atomic E-state index is 12.1. The van der Waals surface area contributed by atoms with Gasteiger partial charge in [0.15, 0.2) is 6.61 Å². The highest BCUT2D eigenvalue weighted by Gasteiger charge is 2.07. The average molecular weight is 407 g/mol. The fraction of sp³-hybridized carbons (Fsp3) is 0.261. The van der Waals surface area contributed by atoms with Crippen molar-refractivity contribution in [3.8, 4) is 22.8 Å². The topological polar surface area (TPSA) is 82.4 Å². The van der Waals surface area contributed by atoms with Gasteiger partial charge >= 0.3 is 0 Å². The highest BCUT2D eigenvalue weighted by atomic mass is 16.5. The molecule has 1 aromatic heterocycles. The van der Waals surface area contributed by atoms with Crippen LogP contribution in [0.2, 0.25) is 0 Å². The maximum atomic E-state index is 12.1. The van der Waals surface area contributed by atoms with Crippen molar-refractivity contribution in [1.82, 2.24) is 15.1 Å². The Morgan fingerprint density at radius 1 is 1.07 bits per heavy atom. The Balaban J connectivity index is 1.53. The normalized spacial score (nSPS) is 10.5. The number of methoxy groups -OCH3 is 1. The third kappa shape index (κ3) is 5.70. The Bertz CT molecular complexity index is 1040. The standard InChI is InChI=1S/C23H25N3O4/c1-3-17-7-9-19(10-8-17)30-16-22(27)24-13-14-26-23(28)12-11-21(25-26)18-5-4-6-20(15-18)29-2/h4-12,15H,3,13-14,16H2,1-2H3,(H,24,27). The third-order valence-corrected chi connectivity index (χ3v) is 4.58. The smallest absolute Gasteiger partial charge is 0.266 e. The van der Waals surface area contributed by atoms with Crippen molar-refractivity contribution >= 4 is 5.91 Å². The monoisotopic (exact) mass is 407 g/mol. The Kier molecular flexibility index (Phi) is 7.21. The van der Waals surface area contributed by atoms with Crippen LogP contribution in [-0.2, 0) is 17.8 Å². The van der Waals surface area contributed by atoms with Crippen LogP contribution in [0.5, 0.6) is 11.5 Å². The van der Waals surface area contributed by atoms with Crippen LogP contribution in [0, 0.1) is 0 Å². The number of carbonyl (C=O) groups excluding carboxylic acids is 1. The Morgan fingerprint density at radius 2 is 1.87 bits per heavy atom. The Labute approximate surface area is 175 Å². The van der Waals surface area contributed by atoms with Crippen molar-refractivity contribution in [2.75, 3.05) is 20.3 Å². The number of amides is 1. The number of aryl methyl sites for hydroxylation is 1. The summed E-state index contributed by atoms with van der Waals surface area (Å²) in [6, 6.07) is 18.2. The molecule has 0 bridgehead atoms. The lowest BCUT2D eigenvalue weighted by Gasteiger charge is -2.10.